The topological polar surface area (TPSA) is 78.4 Å². The largest absolute Gasteiger partial charge is 0.492 e. The number of morpholine rings is 1. The first-order valence-corrected chi connectivity index (χ1v) is 10.3. The highest BCUT2D eigenvalue weighted by atomic mass is 16.5. The smallest absolute Gasteiger partial charge is 0.243 e. The minimum atomic E-state index is -0.0321. The molecule has 0 aromatic heterocycles. The van der Waals surface area contributed by atoms with Crippen LogP contribution in [0.3, 0.4) is 0 Å². The Kier molecular flexibility index (Phi) is 10.3. The van der Waals surface area contributed by atoms with Crippen LogP contribution in [0.15, 0.2) is 29.3 Å². The van der Waals surface area contributed by atoms with Gasteiger partial charge in [-0.3, -0.25) is 9.69 Å². The average molecular weight is 406 g/mol. The van der Waals surface area contributed by atoms with E-state index in [0.29, 0.717) is 19.1 Å². The Morgan fingerprint density at radius 3 is 2.55 bits per heavy atom. The lowest BCUT2D eigenvalue weighted by atomic mass is 10.2. The highest BCUT2D eigenvalue weighted by Gasteiger charge is 2.09. The molecule has 0 saturated carbocycles. The first-order valence-electron chi connectivity index (χ1n) is 10.3. The van der Waals surface area contributed by atoms with Crippen LogP contribution < -0.4 is 15.4 Å². The summed E-state index contributed by atoms with van der Waals surface area (Å²) in [5, 5.41) is 6.56. The summed E-state index contributed by atoms with van der Waals surface area (Å²) in [6.07, 6.45) is 1.00. The van der Waals surface area contributed by atoms with Crippen molar-refractivity contribution in [3.8, 4) is 5.75 Å². The van der Waals surface area contributed by atoms with Gasteiger partial charge < -0.3 is 25.0 Å². The second-order valence-electron chi connectivity index (χ2n) is 7.28. The summed E-state index contributed by atoms with van der Waals surface area (Å²) in [4.78, 5) is 20.2. The zero-order chi connectivity index (χ0) is 20.9. The van der Waals surface area contributed by atoms with E-state index in [4.69, 9.17) is 9.47 Å². The van der Waals surface area contributed by atoms with E-state index in [-0.39, 0.29) is 12.5 Å². The lowest BCUT2D eigenvalue weighted by Crippen LogP contribution is -2.42. The van der Waals surface area contributed by atoms with Crippen LogP contribution in [0.1, 0.15) is 12.0 Å². The molecule has 1 heterocycles. The number of ether oxygens (including phenoxy) is 2. The van der Waals surface area contributed by atoms with Crippen molar-refractivity contribution in [3.63, 3.8) is 0 Å². The summed E-state index contributed by atoms with van der Waals surface area (Å²) < 4.78 is 11.1. The Balaban J connectivity index is 1.73. The third kappa shape index (κ3) is 9.62. The van der Waals surface area contributed by atoms with E-state index >= 15 is 0 Å². The molecule has 8 nitrogen and oxygen atoms in total. The SMILES string of the molecule is Cc1ccc(OCCNC(=NCC(=O)N(C)C)NCCCN2CCOCC2)cc1. The molecular formula is C21H35N5O3. The van der Waals surface area contributed by atoms with E-state index in [0.717, 1.165) is 51.6 Å². The molecule has 0 radical (unpaired) electrons. The van der Waals surface area contributed by atoms with Gasteiger partial charge in [0, 0.05) is 33.7 Å². The van der Waals surface area contributed by atoms with Gasteiger partial charge in [-0.25, -0.2) is 4.99 Å². The molecule has 0 aliphatic carbocycles. The van der Waals surface area contributed by atoms with Crippen molar-refractivity contribution in [1.29, 1.82) is 0 Å². The summed E-state index contributed by atoms with van der Waals surface area (Å²) in [6, 6.07) is 7.98. The molecule has 1 aliphatic rings. The van der Waals surface area contributed by atoms with Gasteiger partial charge in [0.2, 0.25) is 5.91 Å². The molecule has 1 aromatic carbocycles. The lowest BCUT2D eigenvalue weighted by Gasteiger charge is -2.26. The summed E-state index contributed by atoms with van der Waals surface area (Å²) in [5.41, 5.74) is 1.21. The van der Waals surface area contributed by atoms with Gasteiger partial charge in [-0.1, -0.05) is 17.7 Å². The van der Waals surface area contributed by atoms with Crippen LogP contribution in [0, 0.1) is 6.92 Å². The number of nitrogens with one attached hydrogen (secondary N) is 2. The van der Waals surface area contributed by atoms with E-state index in [9.17, 15) is 4.79 Å². The van der Waals surface area contributed by atoms with Crippen LogP contribution in [-0.4, -0.2) is 94.9 Å². The Bertz CT molecular complexity index is 628. The van der Waals surface area contributed by atoms with Crippen molar-refractivity contribution in [1.82, 2.24) is 20.4 Å². The maximum Gasteiger partial charge on any atom is 0.243 e. The van der Waals surface area contributed by atoms with Crippen LogP contribution in [0.2, 0.25) is 0 Å². The highest BCUT2D eigenvalue weighted by Crippen LogP contribution is 2.10. The standard InChI is InChI=1S/C21H35N5O3/c1-18-5-7-19(8-6-18)29-14-10-23-21(24-17-20(27)25(2)3)22-9-4-11-26-12-15-28-16-13-26/h5-8H,4,9-17H2,1-3H3,(H2,22,23,24). The van der Waals surface area contributed by atoms with Crippen LogP contribution in [0.25, 0.3) is 0 Å². The first-order chi connectivity index (χ1) is 14.0. The number of rotatable bonds is 10. The summed E-state index contributed by atoms with van der Waals surface area (Å²) in [7, 11) is 3.46. The van der Waals surface area contributed by atoms with E-state index in [1.807, 2.05) is 31.2 Å². The van der Waals surface area contributed by atoms with Crippen LogP contribution >= 0.6 is 0 Å². The second-order valence-corrected chi connectivity index (χ2v) is 7.28. The molecular weight excluding hydrogens is 370 g/mol. The van der Waals surface area contributed by atoms with Gasteiger partial charge in [0.1, 0.15) is 18.9 Å². The normalized spacial score (nSPS) is 15.1. The van der Waals surface area contributed by atoms with Crippen LogP contribution in [0.4, 0.5) is 0 Å². The molecule has 1 saturated heterocycles. The third-order valence-corrected chi connectivity index (χ3v) is 4.60. The summed E-state index contributed by atoms with van der Waals surface area (Å²) in [6.45, 7) is 8.70. The van der Waals surface area contributed by atoms with Crippen molar-refractivity contribution in [2.24, 2.45) is 4.99 Å². The molecule has 1 aliphatic heterocycles. The van der Waals surface area contributed by atoms with Crippen molar-refractivity contribution < 1.29 is 14.3 Å². The number of guanidine groups is 1. The number of likely N-dealkylation sites (N-methyl/N-ethyl adjacent to an activating group) is 1. The Morgan fingerprint density at radius 2 is 1.86 bits per heavy atom. The van der Waals surface area contributed by atoms with Gasteiger partial charge in [0.15, 0.2) is 5.96 Å². The Morgan fingerprint density at radius 1 is 1.17 bits per heavy atom. The van der Waals surface area contributed by atoms with Crippen LogP contribution in [0.5, 0.6) is 5.75 Å². The molecule has 162 valence electrons. The number of aryl methyl sites for hydroxylation is 1. The lowest BCUT2D eigenvalue weighted by molar-refractivity contribution is -0.127. The molecule has 1 aromatic rings. The maximum absolute atomic E-state index is 11.8. The van der Waals surface area contributed by atoms with E-state index in [1.165, 1.54) is 5.56 Å². The van der Waals surface area contributed by atoms with Gasteiger partial charge in [-0.15, -0.1) is 0 Å². The first kappa shape index (κ1) is 23.0. The van der Waals surface area contributed by atoms with Crippen molar-refractivity contribution in [2.45, 2.75) is 13.3 Å². The highest BCUT2D eigenvalue weighted by molar-refractivity contribution is 5.84. The fraction of sp³-hybridized carbons (Fsp3) is 0.619. The van der Waals surface area contributed by atoms with Gasteiger partial charge in [0.25, 0.3) is 0 Å². The molecule has 2 rings (SSSR count). The molecule has 29 heavy (non-hydrogen) atoms. The number of carbonyl (C=O) groups is 1. The fourth-order valence-electron chi connectivity index (χ4n) is 2.77. The molecule has 0 spiro atoms. The second kappa shape index (κ2) is 13.0. The maximum atomic E-state index is 11.8. The molecule has 0 atom stereocenters. The number of aliphatic imine (C=N–C) groups is 1. The van der Waals surface area contributed by atoms with E-state index < -0.39 is 0 Å². The number of benzene rings is 1. The zero-order valence-corrected chi connectivity index (χ0v) is 17.9. The number of hydrogen-bond acceptors (Lipinski definition) is 5. The molecule has 0 bridgehead atoms. The van der Waals surface area contributed by atoms with E-state index in [2.05, 4.69) is 20.5 Å². The van der Waals surface area contributed by atoms with Crippen molar-refractivity contribution in [3.05, 3.63) is 29.8 Å². The Labute approximate surface area is 174 Å². The molecule has 0 unspecified atom stereocenters. The van der Waals surface area contributed by atoms with Gasteiger partial charge in [0.05, 0.1) is 19.8 Å². The van der Waals surface area contributed by atoms with Crippen molar-refractivity contribution in [2.75, 3.05) is 73.2 Å². The number of hydrogen-bond donors (Lipinski definition) is 2. The fourth-order valence-corrected chi connectivity index (χ4v) is 2.77. The minimum Gasteiger partial charge on any atom is -0.492 e. The monoisotopic (exact) mass is 405 g/mol. The summed E-state index contributed by atoms with van der Waals surface area (Å²) >= 11 is 0. The van der Waals surface area contributed by atoms with E-state index in [1.54, 1.807) is 19.0 Å². The van der Waals surface area contributed by atoms with Gasteiger partial charge in [-0.2, -0.15) is 0 Å². The van der Waals surface area contributed by atoms with Gasteiger partial charge >= 0.3 is 0 Å². The molecule has 1 fully saturated rings. The molecule has 1 amide bonds. The third-order valence-electron chi connectivity index (χ3n) is 4.60. The number of carbonyl (C=O) groups excluding carboxylic acids is 1. The number of nitrogens with zero attached hydrogens (tertiary/aromatic N) is 3. The Hall–Kier alpha value is -2.32. The van der Waals surface area contributed by atoms with Crippen LogP contribution in [-0.2, 0) is 9.53 Å². The predicted molar refractivity (Wildman–Crippen MR) is 116 cm³/mol. The quantitative estimate of drug-likeness (QED) is 0.339. The van der Waals surface area contributed by atoms with Crippen molar-refractivity contribution >= 4 is 11.9 Å². The van der Waals surface area contributed by atoms with Gasteiger partial charge in [-0.05, 0) is 32.0 Å². The molecule has 8 heteroatoms. The minimum absolute atomic E-state index is 0.0321. The number of amides is 1. The summed E-state index contributed by atoms with van der Waals surface area (Å²) in [5.74, 6) is 1.45. The predicted octanol–water partition coefficient (Wildman–Crippen LogP) is 0.720. The average Bonchev–Trinajstić information content (AvgIpc) is 2.73. The molecule has 2 N–H and O–H groups in total. The zero-order valence-electron chi connectivity index (χ0n) is 17.9.